The fourth-order valence-electron chi connectivity index (χ4n) is 4.07. The Labute approximate surface area is 221 Å². The number of piperazine rings is 1. The zero-order chi connectivity index (χ0) is 27.3. The molecule has 202 valence electrons. The van der Waals surface area contributed by atoms with Crippen molar-refractivity contribution in [2.45, 2.75) is 18.9 Å². The van der Waals surface area contributed by atoms with Gasteiger partial charge in [0.05, 0.1) is 24.0 Å². The monoisotopic (exact) mass is 553 g/mol. The van der Waals surface area contributed by atoms with Crippen LogP contribution in [-0.4, -0.2) is 48.6 Å². The van der Waals surface area contributed by atoms with Crippen molar-refractivity contribution < 1.29 is 31.5 Å². The van der Waals surface area contributed by atoms with E-state index in [1.54, 1.807) is 12.1 Å². The van der Waals surface area contributed by atoms with E-state index < -0.39 is 35.5 Å². The Kier molecular flexibility index (Phi) is 8.86. The second-order valence-corrected chi connectivity index (χ2v) is 9.32. The standard InChI is InChI=1S/C27H25ClF5N3O2/c28-21-7-3-19(4-8-21)25(38-17-18-1-5-20(6-2-18)27(31,32)33)16-35-11-13-36(14-12-35)26(37)34-24-15-22(29)9-10-23(24)30/h1-10,15,25H,11-14,16-17H2,(H,34,37). The normalized spacial score (nSPS) is 15.4. The SMILES string of the molecule is O=C(Nc1cc(F)ccc1F)N1CCN(CC(OCc2ccc(C(F)(F)F)cc2)c2ccc(Cl)cc2)CC1. The van der Waals surface area contributed by atoms with Crippen LogP contribution in [0.15, 0.2) is 66.7 Å². The number of urea groups is 1. The Morgan fingerprint density at radius 1 is 0.947 bits per heavy atom. The van der Waals surface area contributed by atoms with Gasteiger partial charge in [-0.1, -0.05) is 35.9 Å². The minimum Gasteiger partial charge on any atom is -0.368 e. The molecular weight excluding hydrogens is 529 g/mol. The predicted octanol–water partition coefficient (Wildman–Crippen LogP) is 6.74. The molecule has 2 amide bonds. The topological polar surface area (TPSA) is 44.8 Å². The Balaban J connectivity index is 1.36. The van der Waals surface area contributed by atoms with E-state index in [4.69, 9.17) is 16.3 Å². The fraction of sp³-hybridized carbons (Fsp3) is 0.296. The number of nitrogens with one attached hydrogen (secondary N) is 1. The molecule has 0 saturated carbocycles. The maximum atomic E-state index is 13.9. The molecule has 1 unspecified atom stereocenters. The molecule has 11 heteroatoms. The second-order valence-electron chi connectivity index (χ2n) is 8.89. The van der Waals surface area contributed by atoms with E-state index in [0.717, 1.165) is 35.9 Å². The number of rotatable bonds is 7. The van der Waals surface area contributed by atoms with E-state index in [9.17, 15) is 26.7 Å². The van der Waals surface area contributed by atoms with Crippen molar-refractivity contribution >= 4 is 23.3 Å². The Hall–Kier alpha value is -3.21. The Morgan fingerprint density at radius 3 is 2.24 bits per heavy atom. The van der Waals surface area contributed by atoms with Gasteiger partial charge >= 0.3 is 12.2 Å². The summed E-state index contributed by atoms with van der Waals surface area (Å²) in [6.45, 7) is 2.30. The van der Waals surface area contributed by atoms with Gasteiger partial charge in [-0.3, -0.25) is 4.90 Å². The Morgan fingerprint density at radius 2 is 1.61 bits per heavy atom. The summed E-state index contributed by atoms with van der Waals surface area (Å²) in [5.41, 5.74) is 0.501. The lowest BCUT2D eigenvalue weighted by Crippen LogP contribution is -2.50. The van der Waals surface area contributed by atoms with Crippen LogP contribution in [0, 0.1) is 11.6 Å². The third-order valence-electron chi connectivity index (χ3n) is 6.23. The van der Waals surface area contributed by atoms with Gasteiger partial charge in [-0.05, 0) is 47.5 Å². The van der Waals surface area contributed by atoms with Gasteiger partial charge < -0.3 is 15.0 Å². The van der Waals surface area contributed by atoms with Crippen molar-refractivity contribution in [2.75, 3.05) is 38.0 Å². The number of ether oxygens (including phenoxy) is 1. The summed E-state index contributed by atoms with van der Waals surface area (Å²) in [5, 5.41) is 2.96. The third kappa shape index (κ3) is 7.43. The van der Waals surface area contributed by atoms with Gasteiger partial charge in [0, 0.05) is 43.8 Å². The average molecular weight is 554 g/mol. The summed E-state index contributed by atoms with van der Waals surface area (Å²) in [6.07, 6.45) is -4.81. The van der Waals surface area contributed by atoms with E-state index in [1.807, 2.05) is 12.1 Å². The number of halogens is 6. The molecule has 0 radical (unpaired) electrons. The molecule has 5 nitrogen and oxygen atoms in total. The summed E-state index contributed by atoms with van der Waals surface area (Å²) in [4.78, 5) is 16.2. The smallest absolute Gasteiger partial charge is 0.368 e. The molecule has 1 heterocycles. The van der Waals surface area contributed by atoms with Crippen LogP contribution in [0.3, 0.4) is 0 Å². The predicted molar refractivity (Wildman–Crippen MR) is 134 cm³/mol. The van der Waals surface area contributed by atoms with Crippen LogP contribution in [0.5, 0.6) is 0 Å². The molecule has 0 aliphatic carbocycles. The fourth-order valence-corrected chi connectivity index (χ4v) is 4.20. The second kappa shape index (κ2) is 12.1. The first-order valence-electron chi connectivity index (χ1n) is 11.8. The summed E-state index contributed by atoms with van der Waals surface area (Å²) < 4.78 is 72.0. The van der Waals surface area contributed by atoms with Crippen molar-refractivity contribution in [3.05, 3.63) is 100 Å². The van der Waals surface area contributed by atoms with Crippen LogP contribution in [0.1, 0.15) is 22.8 Å². The quantitative estimate of drug-likeness (QED) is 0.329. The molecule has 3 aromatic carbocycles. The van der Waals surface area contributed by atoms with Crippen molar-refractivity contribution in [1.29, 1.82) is 0 Å². The van der Waals surface area contributed by atoms with Crippen LogP contribution in [0.4, 0.5) is 32.4 Å². The molecule has 1 aliphatic rings. The highest BCUT2D eigenvalue weighted by molar-refractivity contribution is 6.30. The molecule has 1 saturated heterocycles. The van der Waals surface area contributed by atoms with Crippen molar-refractivity contribution in [3.8, 4) is 0 Å². The van der Waals surface area contributed by atoms with Crippen LogP contribution in [0.2, 0.25) is 5.02 Å². The number of carbonyl (C=O) groups is 1. The summed E-state index contributed by atoms with van der Waals surface area (Å²) in [6, 6.07) is 14.3. The third-order valence-corrected chi connectivity index (χ3v) is 6.48. The van der Waals surface area contributed by atoms with Crippen LogP contribution in [0.25, 0.3) is 0 Å². The van der Waals surface area contributed by atoms with Crippen molar-refractivity contribution in [2.24, 2.45) is 0 Å². The molecule has 3 aromatic rings. The largest absolute Gasteiger partial charge is 0.416 e. The van der Waals surface area contributed by atoms with Crippen molar-refractivity contribution in [1.82, 2.24) is 9.80 Å². The number of alkyl halides is 3. The highest BCUT2D eigenvalue weighted by Gasteiger charge is 2.30. The molecule has 4 rings (SSSR count). The van der Waals surface area contributed by atoms with Gasteiger partial charge in [-0.15, -0.1) is 0 Å². The number of amides is 2. The summed E-state index contributed by atoms with van der Waals surface area (Å²) in [7, 11) is 0. The van der Waals surface area contributed by atoms with Crippen LogP contribution >= 0.6 is 11.6 Å². The highest BCUT2D eigenvalue weighted by Crippen LogP contribution is 2.30. The number of nitrogens with zero attached hydrogens (tertiary/aromatic N) is 2. The maximum absolute atomic E-state index is 13.9. The molecular formula is C27H25ClF5N3O2. The summed E-state index contributed by atoms with van der Waals surface area (Å²) >= 11 is 6.02. The minimum absolute atomic E-state index is 0.104. The molecule has 0 bridgehead atoms. The van der Waals surface area contributed by atoms with Gasteiger partial charge in [0.15, 0.2) is 0 Å². The summed E-state index contributed by atoms with van der Waals surface area (Å²) in [5.74, 6) is -1.38. The number of benzene rings is 3. The van der Waals surface area contributed by atoms with Crippen LogP contribution < -0.4 is 5.32 Å². The first kappa shape index (κ1) is 27.8. The lowest BCUT2D eigenvalue weighted by Gasteiger charge is -2.36. The lowest BCUT2D eigenvalue weighted by molar-refractivity contribution is -0.137. The number of anilines is 1. The maximum Gasteiger partial charge on any atom is 0.416 e. The molecule has 0 spiro atoms. The van der Waals surface area contributed by atoms with Crippen LogP contribution in [-0.2, 0) is 17.5 Å². The lowest BCUT2D eigenvalue weighted by atomic mass is 10.1. The molecule has 38 heavy (non-hydrogen) atoms. The zero-order valence-electron chi connectivity index (χ0n) is 20.1. The van der Waals surface area contributed by atoms with Gasteiger partial charge in [0.2, 0.25) is 0 Å². The Bertz CT molecular complexity index is 1230. The van der Waals surface area contributed by atoms with Gasteiger partial charge in [0.1, 0.15) is 11.6 Å². The minimum atomic E-state index is -4.41. The highest BCUT2D eigenvalue weighted by atomic mass is 35.5. The first-order chi connectivity index (χ1) is 18.1. The van der Waals surface area contributed by atoms with Gasteiger partial charge in [-0.2, -0.15) is 13.2 Å². The van der Waals surface area contributed by atoms with Gasteiger partial charge in [0.25, 0.3) is 0 Å². The average Bonchev–Trinajstić information content (AvgIpc) is 2.89. The molecule has 0 aromatic heterocycles. The van der Waals surface area contributed by atoms with E-state index >= 15 is 0 Å². The van der Waals surface area contributed by atoms with E-state index in [-0.39, 0.29) is 12.3 Å². The molecule has 1 fully saturated rings. The number of hydrogen-bond acceptors (Lipinski definition) is 3. The zero-order valence-corrected chi connectivity index (χ0v) is 20.9. The number of carbonyl (C=O) groups excluding carboxylic acids is 1. The van der Waals surface area contributed by atoms with E-state index in [0.29, 0.717) is 43.3 Å². The molecule has 1 atom stereocenters. The van der Waals surface area contributed by atoms with E-state index in [1.165, 1.54) is 17.0 Å². The first-order valence-corrected chi connectivity index (χ1v) is 12.2. The van der Waals surface area contributed by atoms with Crippen molar-refractivity contribution in [3.63, 3.8) is 0 Å². The van der Waals surface area contributed by atoms with Gasteiger partial charge in [-0.25, -0.2) is 13.6 Å². The van der Waals surface area contributed by atoms with E-state index in [2.05, 4.69) is 10.2 Å². The molecule has 1 N–H and O–H groups in total. The molecule has 1 aliphatic heterocycles. The number of hydrogen-bond donors (Lipinski definition) is 1.